The molecular formula is C25H53Y7-3. The van der Waals surface area contributed by atoms with E-state index in [1.165, 1.54) is 18.3 Å². The van der Waals surface area contributed by atoms with Gasteiger partial charge < -0.3 is 18.3 Å². The summed E-state index contributed by atoms with van der Waals surface area (Å²) in [5.74, 6) is 4.46. The molecule has 0 saturated heterocycles. The quantitative estimate of drug-likeness (QED) is 0.247. The fourth-order valence-corrected chi connectivity index (χ4v) is 3.27. The van der Waals surface area contributed by atoms with Crippen LogP contribution < -0.4 is 0 Å². The molecule has 0 saturated carbocycles. The molecule has 0 N–H and O–H groups in total. The minimum atomic E-state index is 0. The summed E-state index contributed by atoms with van der Waals surface area (Å²) >= 11 is 0. The first-order valence-corrected chi connectivity index (χ1v) is 10.2. The molecule has 0 rings (SSSR count). The first-order chi connectivity index (χ1) is 10.8. The van der Waals surface area contributed by atoms with Crippen LogP contribution >= 0.6 is 0 Å². The number of hydrogen-bond acceptors (Lipinski definition) is 0. The van der Waals surface area contributed by atoms with Crippen LogP contribution in [0.1, 0.15) is 117 Å². The Hall–Kier alpha value is 7.73. The third-order valence-electron chi connectivity index (χ3n) is 5.19. The molecule has 1 unspecified atom stereocenters. The Balaban J connectivity index is -0.0000000298. The van der Waals surface area contributed by atoms with E-state index in [-0.39, 0.29) is 229 Å². The summed E-state index contributed by atoms with van der Waals surface area (Å²) in [5, 5.41) is 0. The van der Waals surface area contributed by atoms with E-state index in [1.54, 1.807) is 0 Å². The van der Waals surface area contributed by atoms with Crippen LogP contribution in [0.3, 0.4) is 0 Å². The van der Waals surface area contributed by atoms with E-state index in [4.69, 9.17) is 0 Å². The van der Waals surface area contributed by atoms with Crippen LogP contribution in [0.2, 0.25) is 0 Å². The molecule has 177 valence electrons. The van der Waals surface area contributed by atoms with Gasteiger partial charge in [0.15, 0.2) is 0 Å². The van der Waals surface area contributed by atoms with Gasteiger partial charge in [-0.05, 0) is 28.6 Å². The summed E-state index contributed by atoms with van der Waals surface area (Å²) in [6.45, 7) is 36.2. The minimum absolute atomic E-state index is 0. The van der Waals surface area contributed by atoms with Gasteiger partial charge in [-0.2, -0.15) is 41.5 Å². The van der Waals surface area contributed by atoms with Gasteiger partial charge in [-0.3, -0.25) is 5.92 Å². The molecule has 7 radical (unpaired) electrons. The predicted molar refractivity (Wildman–Crippen MR) is 120 cm³/mol. The van der Waals surface area contributed by atoms with Crippen LogP contribution in [0.15, 0.2) is 0 Å². The van der Waals surface area contributed by atoms with E-state index < -0.39 is 0 Å². The molecular weight excluding hydrogens is 923 g/mol. The van der Waals surface area contributed by atoms with Crippen molar-refractivity contribution in [1.82, 2.24) is 0 Å². The van der Waals surface area contributed by atoms with Crippen molar-refractivity contribution in [3.8, 4) is 0 Å². The molecule has 0 aromatic rings. The average molecular weight is 976 g/mol. The molecule has 0 aliphatic rings. The molecule has 0 fully saturated rings. The van der Waals surface area contributed by atoms with Crippen molar-refractivity contribution in [3.63, 3.8) is 0 Å². The number of hydrogen-bond donors (Lipinski definition) is 0. The average Bonchev–Trinajstić information content (AvgIpc) is 2.34. The molecule has 32 heavy (non-hydrogen) atoms. The Bertz CT molecular complexity index is 309. The Morgan fingerprint density at radius 1 is 0.594 bits per heavy atom. The Kier molecular flexibility index (Phi) is 73.6. The second kappa shape index (κ2) is 34.9. The maximum absolute atomic E-state index is 2.41. The van der Waals surface area contributed by atoms with Gasteiger partial charge in [0, 0.05) is 229 Å². The third-order valence-corrected chi connectivity index (χ3v) is 5.19. The maximum Gasteiger partial charge on any atom is 0 e. The largest absolute Gasteiger partial charge is 0.346 e. The van der Waals surface area contributed by atoms with E-state index in [9.17, 15) is 0 Å². The Morgan fingerprint density at radius 3 is 0.906 bits per heavy atom. The second-order valence-corrected chi connectivity index (χ2v) is 11.3. The molecule has 1 atom stereocenters. The van der Waals surface area contributed by atoms with Crippen molar-refractivity contribution in [3.05, 3.63) is 18.3 Å². The van der Waals surface area contributed by atoms with Gasteiger partial charge in [0.2, 0.25) is 0 Å². The SMILES string of the molecule is CC(C(C)(C)C)C(C)(C)CC(C)(C)C.C[C-](C)C(C)[C-](C)C.C[CH-]C.[Y].[Y].[Y].[Y].[Y].[Y].[Y]. The third kappa shape index (κ3) is 44.7. The van der Waals surface area contributed by atoms with E-state index in [1.807, 2.05) is 20.3 Å². The topological polar surface area (TPSA) is 0 Å². The van der Waals surface area contributed by atoms with Crippen molar-refractivity contribution >= 4 is 0 Å². The van der Waals surface area contributed by atoms with Gasteiger partial charge in [0.05, 0.1) is 0 Å². The fraction of sp³-hybridized carbons (Fsp3) is 0.880. The number of rotatable bonds is 4. The Morgan fingerprint density at radius 2 is 0.812 bits per heavy atom. The second-order valence-electron chi connectivity index (χ2n) is 11.3. The smallest absolute Gasteiger partial charge is 0 e. The summed E-state index contributed by atoms with van der Waals surface area (Å²) in [6.07, 6.45) is 3.29. The fourth-order valence-electron chi connectivity index (χ4n) is 3.27. The molecule has 0 heterocycles. The van der Waals surface area contributed by atoms with Crippen molar-refractivity contribution in [2.75, 3.05) is 0 Å². The van der Waals surface area contributed by atoms with E-state index in [2.05, 4.69) is 96.9 Å². The van der Waals surface area contributed by atoms with Gasteiger partial charge in [-0.25, -0.2) is 0 Å². The van der Waals surface area contributed by atoms with E-state index >= 15 is 0 Å². The van der Waals surface area contributed by atoms with Crippen LogP contribution in [0.4, 0.5) is 0 Å². The summed E-state index contributed by atoms with van der Waals surface area (Å²) in [6, 6.07) is 0. The Labute approximate surface area is 383 Å². The van der Waals surface area contributed by atoms with Gasteiger partial charge in [0.25, 0.3) is 0 Å². The van der Waals surface area contributed by atoms with Gasteiger partial charge >= 0.3 is 0 Å². The maximum atomic E-state index is 2.41. The van der Waals surface area contributed by atoms with Gasteiger partial charge in [0.1, 0.15) is 0 Å². The van der Waals surface area contributed by atoms with E-state index in [0.717, 1.165) is 5.92 Å². The summed E-state index contributed by atoms with van der Waals surface area (Å²) in [7, 11) is 0. The zero-order valence-electron chi connectivity index (χ0n) is 25.0. The molecule has 0 aromatic carbocycles. The minimum Gasteiger partial charge on any atom is -0.346 e. The van der Waals surface area contributed by atoms with Crippen LogP contribution in [-0.4, -0.2) is 0 Å². The van der Waals surface area contributed by atoms with Crippen molar-refractivity contribution < 1.29 is 229 Å². The van der Waals surface area contributed by atoms with Crippen molar-refractivity contribution in [2.24, 2.45) is 28.1 Å². The standard InChI is InChI=1S/C14H30.C8H16.C3H7.7Y/c1-11(13(5,6)7)14(8,9)10-12(2,3)4;1-6(2)8(5)7(3)4;1-3-2;;;;;;;/h11H,10H2,1-9H3;8H,1-5H3;3H,1-2H3;;;;;;;/q;-2;-1;;;;;;;. The van der Waals surface area contributed by atoms with Crippen LogP contribution in [-0.2, 0) is 229 Å². The van der Waals surface area contributed by atoms with Crippen molar-refractivity contribution in [2.45, 2.75) is 117 Å². The molecule has 0 bridgehead atoms. The van der Waals surface area contributed by atoms with Crippen LogP contribution in [0.5, 0.6) is 0 Å². The van der Waals surface area contributed by atoms with Gasteiger partial charge in [-0.1, -0.05) is 62.3 Å². The zero-order valence-corrected chi connectivity index (χ0v) is 44.8. The van der Waals surface area contributed by atoms with Crippen molar-refractivity contribution in [1.29, 1.82) is 0 Å². The summed E-state index contributed by atoms with van der Waals surface area (Å²) < 4.78 is 0. The first kappa shape index (κ1) is 67.4. The normalized spacial score (nSPS) is 11.0. The molecule has 0 aliphatic heterocycles. The monoisotopic (exact) mass is 976 g/mol. The summed E-state index contributed by atoms with van der Waals surface area (Å²) in [5.41, 5.74) is 1.27. The molecule has 0 amide bonds. The molecule has 0 nitrogen and oxygen atoms in total. The van der Waals surface area contributed by atoms with Crippen LogP contribution in [0.25, 0.3) is 0 Å². The van der Waals surface area contributed by atoms with Crippen LogP contribution in [0, 0.1) is 46.3 Å². The molecule has 7 heteroatoms. The van der Waals surface area contributed by atoms with E-state index in [0.29, 0.717) is 22.2 Å². The predicted octanol–water partition coefficient (Wildman–Crippen LogP) is 9.20. The first-order valence-electron chi connectivity index (χ1n) is 10.2. The summed E-state index contributed by atoms with van der Waals surface area (Å²) in [4.78, 5) is 0. The molecule has 0 aliphatic carbocycles. The zero-order chi connectivity index (χ0) is 21.2. The molecule has 0 spiro atoms. The van der Waals surface area contributed by atoms with Gasteiger partial charge in [-0.15, -0.1) is 6.92 Å². The molecule has 0 aromatic heterocycles.